The SMILES string of the molecule is O=C(CCCCCCCCCCCCCCCCCCCCCCC(=O)c1ccc(Oc2ccccc2)cc1)c1ccc(Oc2ccccc2)cc1. The summed E-state index contributed by atoms with van der Waals surface area (Å²) in [6, 6.07) is 34.5. The van der Waals surface area contributed by atoms with Crippen LogP contribution in [-0.2, 0) is 0 Å². The predicted molar refractivity (Wildman–Crippen MR) is 216 cm³/mol. The van der Waals surface area contributed by atoms with E-state index in [1.807, 2.05) is 109 Å². The minimum atomic E-state index is 0.231. The van der Waals surface area contributed by atoms with Crippen molar-refractivity contribution in [2.45, 2.75) is 141 Å². The molecule has 0 fully saturated rings. The third-order valence-corrected chi connectivity index (χ3v) is 9.87. The summed E-state index contributed by atoms with van der Waals surface area (Å²) in [6.07, 6.45) is 27.0. The van der Waals surface area contributed by atoms with E-state index in [1.54, 1.807) is 0 Å². The van der Waals surface area contributed by atoms with Crippen molar-refractivity contribution in [3.8, 4) is 23.0 Å². The fraction of sp³-hybridized carbons (Fsp3) is 0.458. The highest BCUT2D eigenvalue weighted by Gasteiger charge is 2.08. The number of carbonyl (C=O) groups is 2. The molecule has 0 N–H and O–H groups in total. The Bertz CT molecular complexity index is 1380. The van der Waals surface area contributed by atoms with Gasteiger partial charge in [0.25, 0.3) is 0 Å². The molecule has 278 valence electrons. The fourth-order valence-electron chi connectivity index (χ4n) is 6.71. The normalized spacial score (nSPS) is 11.0. The Balaban J connectivity index is 0.845. The predicted octanol–water partition coefficient (Wildman–Crippen LogP) is 14.9. The van der Waals surface area contributed by atoms with Crippen molar-refractivity contribution in [2.24, 2.45) is 0 Å². The van der Waals surface area contributed by atoms with Gasteiger partial charge in [-0.2, -0.15) is 0 Å². The van der Waals surface area contributed by atoms with E-state index < -0.39 is 0 Å². The van der Waals surface area contributed by atoms with E-state index >= 15 is 0 Å². The molecule has 0 aliphatic rings. The van der Waals surface area contributed by atoms with Crippen LogP contribution in [0, 0.1) is 0 Å². The molecular weight excluding hydrogens is 641 g/mol. The summed E-state index contributed by atoms with van der Waals surface area (Å²) in [6.45, 7) is 0. The van der Waals surface area contributed by atoms with Crippen molar-refractivity contribution < 1.29 is 19.1 Å². The molecule has 0 aliphatic heterocycles. The van der Waals surface area contributed by atoms with Gasteiger partial charge in [-0.1, -0.05) is 152 Å². The third kappa shape index (κ3) is 17.4. The van der Waals surface area contributed by atoms with Crippen LogP contribution >= 0.6 is 0 Å². The van der Waals surface area contributed by atoms with Crippen LogP contribution < -0.4 is 9.47 Å². The molecule has 0 aromatic heterocycles. The lowest BCUT2D eigenvalue weighted by molar-refractivity contribution is 0.0971. The number of ketones is 2. The van der Waals surface area contributed by atoms with E-state index in [0.29, 0.717) is 12.8 Å². The second-order valence-corrected chi connectivity index (χ2v) is 14.3. The van der Waals surface area contributed by atoms with Gasteiger partial charge in [0.15, 0.2) is 11.6 Å². The summed E-state index contributed by atoms with van der Waals surface area (Å²) >= 11 is 0. The van der Waals surface area contributed by atoms with Crippen LogP contribution in [0.4, 0.5) is 0 Å². The third-order valence-electron chi connectivity index (χ3n) is 9.87. The first-order valence-corrected chi connectivity index (χ1v) is 20.4. The van der Waals surface area contributed by atoms with Gasteiger partial charge < -0.3 is 9.47 Å². The van der Waals surface area contributed by atoms with Crippen LogP contribution in [-0.4, -0.2) is 11.6 Å². The Morgan fingerprint density at radius 2 is 0.519 bits per heavy atom. The minimum Gasteiger partial charge on any atom is -0.457 e. The number of hydrogen-bond donors (Lipinski definition) is 0. The lowest BCUT2D eigenvalue weighted by Crippen LogP contribution is -1.98. The lowest BCUT2D eigenvalue weighted by Gasteiger charge is -2.07. The molecule has 4 nitrogen and oxygen atoms in total. The Morgan fingerprint density at radius 1 is 0.288 bits per heavy atom. The molecule has 0 saturated heterocycles. The van der Waals surface area contributed by atoms with Gasteiger partial charge in [-0.3, -0.25) is 9.59 Å². The van der Waals surface area contributed by atoms with Gasteiger partial charge in [-0.15, -0.1) is 0 Å². The van der Waals surface area contributed by atoms with Gasteiger partial charge in [0, 0.05) is 24.0 Å². The standard InChI is InChI=1S/C48H62O4/c49-47(41-33-37-45(38-34-41)51-43-27-21-19-22-28-43)31-25-17-15-13-11-9-7-5-3-1-2-4-6-8-10-12-14-16-18-26-32-48(50)42-35-39-46(40-36-42)52-44-29-23-20-24-30-44/h19-24,27-30,33-40H,1-18,25-26,31-32H2. The molecule has 52 heavy (non-hydrogen) atoms. The van der Waals surface area contributed by atoms with E-state index in [4.69, 9.17) is 9.47 Å². The van der Waals surface area contributed by atoms with Crippen molar-refractivity contribution in [1.82, 2.24) is 0 Å². The fourth-order valence-corrected chi connectivity index (χ4v) is 6.71. The number of Topliss-reactive ketones (excluding diaryl/α,β-unsaturated/α-hetero) is 2. The summed E-state index contributed by atoms with van der Waals surface area (Å²) < 4.78 is 11.6. The molecule has 0 amide bonds. The maximum Gasteiger partial charge on any atom is 0.162 e. The van der Waals surface area contributed by atoms with Crippen LogP contribution in [0.15, 0.2) is 109 Å². The topological polar surface area (TPSA) is 52.6 Å². The molecular formula is C48H62O4. The van der Waals surface area contributed by atoms with Crippen LogP contribution in [0.3, 0.4) is 0 Å². The lowest BCUT2D eigenvalue weighted by atomic mass is 10.0. The van der Waals surface area contributed by atoms with E-state index in [0.717, 1.165) is 59.8 Å². The molecule has 0 aliphatic carbocycles. The average molecular weight is 703 g/mol. The van der Waals surface area contributed by atoms with Crippen molar-refractivity contribution in [3.05, 3.63) is 120 Å². The van der Waals surface area contributed by atoms with Gasteiger partial charge in [0.2, 0.25) is 0 Å². The second kappa shape index (κ2) is 25.7. The van der Waals surface area contributed by atoms with Crippen molar-refractivity contribution >= 4 is 11.6 Å². The van der Waals surface area contributed by atoms with Gasteiger partial charge in [0.05, 0.1) is 0 Å². The molecule has 4 heteroatoms. The summed E-state index contributed by atoms with van der Waals surface area (Å²) in [5.74, 6) is 3.58. The van der Waals surface area contributed by atoms with Crippen LogP contribution in [0.5, 0.6) is 23.0 Å². The van der Waals surface area contributed by atoms with E-state index in [2.05, 4.69) is 0 Å². The van der Waals surface area contributed by atoms with Gasteiger partial charge in [-0.05, 0) is 85.6 Å². The Morgan fingerprint density at radius 3 is 0.788 bits per heavy atom. The number of carbonyl (C=O) groups excluding carboxylic acids is 2. The maximum atomic E-state index is 12.5. The summed E-state index contributed by atoms with van der Waals surface area (Å²) in [5, 5.41) is 0. The Kier molecular flexibility index (Phi) is 20.1. The number of benzene rings is 4. The number of hydrogen-bond acceptors (Lipinski definition) is 4. The summed E-state index contributed by atoms with van der Waals surface area (Å²) in [4.78, 5) is 25.1. The van der Waals surface area contributed by atoms with Crippen LogP contribution in [0.2, 0.25) is 0 Å². The molecule has 0 unspecified atom stereocenters. The van der Waals surface area contributed by atoms with Crippen LogP contribution in [0.25, 0.3) is 0 Å². The zero-order chi connectivity index (χ0) is 36.3. The monoisotopic (exact) mass is 702 g/mol. The maximum absolute atomic E-state index is 12.5. The largest absolute Gasteiger partial charge is 0.457 e. The number of ether oxygens (including phenoxy) is 2. The first-order chi connectivity index (χ1) is 25.7. The van der Waals surface area contributed by atoms with E-state index in [9.17, 15) is 9.59 Å². The van der Waals surface area contributed by atoms with E-state index in [-0.39, 0.29) is 11.6 Å². The van der Waals surface area contributed by atoms with E-state index in [1.165, 1.54) is 103 Å². The Hall–Kier alpha value is -4.18. The van der Waals surface area contributed by atoms with Crippen molar-refractivity contribution in [2.75, 3.05) is 0 Å². The van der Waals surface area contributed by atoms with Crippen molar-refractivity contribution in [1.29, 1.82) is 0 Å². The number of unbranched alkanes of at least 4 members (excludes halogenated alkanes) is 19. The Labute approximate surface area is 314 Å². The highest BCUT2D eigenvalue weighted by Crippen LogP contribution is 2.24. The van der Waals surface area contributed by atoms with Crippen molar-refractivity contribution in [3.63, 3.8) is 0 Å². The molecule has 0 spiro atoms. The zero-order valence-electron chi connectivity index (χ0n) is 31.6. The zero-order valence-corrected chi connectivity index (χ0v) is 31.6. The molecule has 0 radical (unpaired) electrons. The van der Waals surface area contributed by atoms with Crippen LogP contribution in [0.1, 0.15) is 162 Å². The first-order valence-electron chi connectivity index (χ1n) is 20.4. The molecule has 0 saturated carbocycles. The molecule has 4 rings (SSSR count). The number of rotatable bonds is 29. The second-order valence-electron chi connectivity index (χ2n) is 14.3. The highest BCUT2D eigenvalue weighted by atomic mass is 16.5. The molecule has 0 bridgehead atoms. The molecule has 0 heterocycles. The molecule has 4 aromatic rings. The first kappa shape index (κ1) is 40.6. The quantitative estimate of drug-likeness (QED) is 0.0417. The van der Waals surface area contributed by atoms with Gasteiger partial charge in [-0.25, -0.2) is 0 Å². The highest BCUT2D eigenvalue weighted by molar-refractivity contribution is 5.96. The summed E-state index contributed by atoms with van der Waals surface area (Å²) in [7, 11) is 0. The van der Waals surface area contributed by atoms with Gasteiger partial charge in [0.1, 0.15) is 23.0 Å². The smallest absolute Gasteiger partial charge is 0.162 e. The summed E-state index contributed by atoms with van der Waals surface area (Å²) in [5.41, 5.74) is 1.56. The number of para-hydroxylation sites is 2. The minimum absolute atomic E-state index is 0.231. The van der Waals surface area contributed by atoms with Gasteiger partial charge >= 0.3 is 0 Å². The average Bonchev–Trinajstić information content (AvgIpc) is 3.18. The molecule has 0 atom stereocenters. The molecule has 4 aromatic carbocycles.